The van der Waals surface area contributed by atoms with Crippen LogP contribution in [0.3, 0.4) is 0 Å². The third kappa shape index (κ3) is 38.1. The van der Waals surface area contributed by atoms with Crippen LogP contribution in [0.5, 0.6) is 0 Å². The van der Waals surface area contributed by atoms with Crippen LogP contribution in [0.25, 0.3) is 0 Å². The molecule has 66 valence electrons. The van der Waals surface area contributed by atoms with Crippen LogP contribution in [0.15, 0.2) is 0 Å². The molecule has 0 saturated carbocycles. The van der Waals surface area contributed by atoms with Gasteiger partial charge in [0.05, 0.1) is 0 Å². The van der Waals surface area contributed by atoms with Crippen LogP contribution in [0.4, 0.5) is 0 Å². The van der Waals surface area contributed by atoms with Crippen molar-refractivity contribution in [2.45, 2.75) is 41.9 Å². The summed E-state index contributed by atoms with van der Waals surface area (Å²) in [4.78, 5) is 8.89. The third-order valence-electron chi connectivity index (χ3n) is 0.763. The quantitative estimate of drug-likeness (QED) is 0.561. The van der Waals surface area contributed by atoms with Gasteiger partial charge in [-0.1, -0.05) is 0 Å². The van der Waals surface area contributed by atoms with E-state index in [2.05, 4.69) is 13.8 Å². The average Bonchev–Trinajstić information content (AvgIpc) is 1.88. The Morgan fingerprint density at radius 3 is 1.73 bits per heavy atom. The second kappa shape index (κ2) is 13.0. The molecule has 0 aliphatic rings. The molecule has 0 saturated heterocycles. The van der Waals surface area contributed by atoms with Gasteiger partial charge in [0.25, 0.3) is 0 Å². The molecule has 3 heteroatoms. The average molecular weight is 354 g/mol. The van der Waals surface area contributed by atoms with Crippen molar-refractivity contribution in [1.29, 1.82) is 0 Å². The molecule has 0 aromatic carbocycles. The fourth-order valence-corrected chi connectivity index (χ4v) is 3.76. The summed E-state index contributed by atoms with van der Waals surface area (Å²) in [5, 5.41) is 8.89. The Morgan fingerprint density at radius 2 is 1.55 bits per heavy atom. The van der Waals surface area contributed by atoms with Crippen molar-refractivity contribution in [2.24, 2.45) is 0 Å². The van der Waals surface area contributed by atoms with Crippen molar-refractivity contribution in [3.05, 3.63) is 0 Å². The molecule has 0 bridgehead atoms. The second-order valence-electron chi connectivity index (χ2n) is 2.16. The van der Waals surface area contributed by atoms with Gasteiger partial charge < -0.3 is 9.90 Å². The molecule has 0 rings (SSSR count). The molecule has 0 aromatic heterocycles. The third-order valence-corrected chi connectivity index (χ3v) is 6.70. The van der Waals surface area contributed by atoms with E-state index in [0.29, 0.717) is 0 Å². The summed E-state index contributed by atoms with van der Waals surface area (Å²) in [6, 6.07) is 0. The fourth-order valence-electron chi connectivity index (χ4n) is 0.428. The summed E-state index contributed by atoms with van der Waals surface area (Å²) < 4.78 is 3.21. The Kier molecular flexibility index (Phi) is 16.4. The summed E-state index contributed by atoms with van der Waals surface area (Å²) in [5.41, 5.74) is 0. The Hall–Kier alpha value is 0.353. The number of aliphatic carboxylic acids is 1. The maximum atomic E-state index is 8.89. The SMILES string of the molecule is CC(=O)[O-].CC[CH2][Bi+][CH2]CC. The first kappa shape index (κ1) is 13.9. The first-order chi connectivity index (χ1) is 5.15. The van der Waals surface area contributed by atoms with Crippen molar-refractivity contribution in [1.82, 2.24) is 0 Å². The fraction of sp³-hybridized carbons (Fsp3) is 0.875. The van der Waals surface area contributed by atoms with Crippen LogP contribution >= 0.6 is 0 Å². The number of rotatable bonds is 4. The molecule has 2 radical (unpaired) electrons. The van der Waals surface area contributed by atoms with E-state index in [9.17, 15) is 0 Å². The summed E-state index contributed by atoms with van der Waals surface area (Å²) in [6.45, 7) is 5.55. The van der Waals surface area contributed by atoms with Gasteiger partial charge in [-0.05, 0) is 6.92 Å². The van der Waals surface area contributed by atoms with Crippen molar-refractivity contribution in [3.63, 3.8) is 0 Å². The normalized spacial score (nSPS) is 8.27. The first-order valence-electron chi connectivity index (χ1n) is 3.95. The maximum absolute atomic E-state index is 8.89. The van der Waals surface area contributed by atoms with E-state index in [1.54, 1.807) is 8.26 Å². The number of hydrogen-bond acceptors (Lipinski definition) is 2. The van der Waals surface area contributed by atoms with Crippen molar-refractivity contribution >= 4 is 29.2 Å². The summed E-state index contributed by atoms with van der Waals surface area (Å²) in [5.74, 6) is -1.08. The zero-order valence-electron chi connectivity index (χ0n) is 7.59. The van der Waals surface area contributed by atoms with Gasteiger partial charge in [0, 0.05) is 5.97 Å². The Balaban J connectivity index is 0. The van der Waals surface area contributed by atoms with Gasteiger partial charge in [-0.15, -0.1) is 0 Å². The number of carbonyl (C=O) groups is 1. The predicted molar refractivity (Wildman–Crippen MR) is 46.6 cm³/mol. The topological polar surface area (TPSA) is 40.1 Å². The van der Waals surface area contributed by atoms with Crippen LogP contribution in [-0.2, 0) is 4.79 Å². The Labute approximate surface area is 81.0 Å². The van der Waals surface area contributed by atoms with Gasteiger partial charge in [-0.3, -0.25) is 0 Å². The minimum absolute atomic E-state index is 0.103. The molecule has 11 heavy (non-hydrogen) atoms. The van der Waals surface area contributed by atoms with Gasteiger partial charge in [-0.2, -0.15) is 0 Å². The van der Waals surface area contributed by atoms with Gasteiger partial charge in [0.2, 0.25) is 0 Å². The Morgan fingerprint density at radius 1 is 1.27 bits per heavy atom. The molecule has 0 fully saturated rings. The van der Waals surface area contributed by atoms with Crippen LogP contribution in [0, 0.1) is 0 Å². The molecule has 0 N–H and O–H groups in total. The predicted octanol–water partition coefficient (Wildman–Crippen LogP) is 1.10. The monoisotopic (exact) mass is 354 g/mol. The molecular weight excluding hydrogens is 337 g/mol. The number of carboxylic acids is 1. The van der Waals surface area contributed by atoms with Gasteiger partial charge >= 0.3 is 58.2 Å². The standard InChI is InChI=1S/2C3H7.C2H4O2.Bi/c2*1-3-2;1-2(3)4;/h2*1,3H2,2H3;1H3,(H,3,4);/q;;;+1/p-1. The number of carboxylic acid groups (broad SMARTS) is 1. The number of hydrogen-bond donors (Lipinski definition) is 0. The van der Waals surface area contributed by atoms with E-state index in [1.807, 2.05) is 0 Å². The molecule has 0 amide bonds. The molecule has 0 unspecified atom stereocenters. The molecule has 0 spiro atoms. The van der Waals surface area contributed by atoms with Crippen LogP contribution in [0.1, 0.15) is 33.6 Å². The van der Waals surface area contributed by atoms with Crippen molar-refractivity contribution < 1.29 is 9.90 Å². The second-order valence-corrected chi connectivity index (χ2v) is 7.38. The molecule has 2 nitrogen and oxygen atoms in total. The van der Waals surface area contributed by atoms with E-state index < -0.39 is 5.97 Å². The van der Waals surface area contributed by atoms with E-state index in [-0.39, 0.29) is 23.2 Å². The molecule has 0 atom stereocenters. The van der Waals surface area contributed by atoms with Gasteiger partial charge in [0.1, 0.15) is 0 Å². The minimum atomic E-state index is -1.08. The van der Waals surface area contributed by atoms with Crippen molar-refractivity contribution in [3.8, 4) is 0 Å². The Bertz CT molecular complexity index is 76.2. The van der Waals surface area contributed by atoms with Crippen LogP contribution in [0.2, 0.25) is 8.26 Å². The van der Waals surface area contributed by atoms with Gasteiger partial charge in [-0.25, -0.2) is 0 Å². The van der Waals surface area contributed by atoms with E-state index >= 15 is 0 Å². The van der Waals surface area contributed by atoms with E-state index in [0.717, 1.165) is 6.92 Å². The van der Waals surface area contributed by atoms with E-state index in [1.165, 1.54) is 12.8 Å². The van der Waals surface area contributed by atoms with Gasteiger partial charge in [0.15, 0.2) is 0 Å². The zero-order chi connectivity index (χ0) is 9.11. The molecule has 0 aromatic rings. The number of carbonyl (C=O) groups excluding carboxylic acids is 1. The summed E-state index contributed by atoms with van der Waals surface area (Å²) in [7, 11) is 0. The van der Waals surface area contributed by atoms with Crippen molar-refractivity contribution in [2.75, 3.05) is 0 Å². The zero-order valence-corrected chi connectivity index (χ0v) is 11.1. The van der Waals surface area contributed by atoms with Crippen LogP contribution < -0.4 is 5.11 Å². The molecule has 0 aliphatic carbocycles. The first-order valence-corrected chi connectivity index (χ1v) is 8.87. The van der Waals surface area contributed by atoms with Crippen LogP contribution in [-0.4, -0.2) is 29.2 Å². The molecule has 0 aliphatic heterocycles. The summed E-state index contributed by atoms with van der Waals surface area (Å²) >= 11 is 0.103. The van der Waals surface area contributed by atoms with E-state index in [4.69, 9.17) is 9.90 Å². The molecule has 0 heterocycles. The summed E-state index contributed by atoms with van der Waals surface area (Å²) in [6.07, 6.45) is 2.88. The molecular formula is C8H17BiO2.